The number of phosphoric acid groups is 1. The molecule has 0 aromatic rings. The number of esters is 1. The highest BCUT2D eigenvalue weighted by Crippen LogP contribution is 2.38. The smallest absolute Gasteiger partial charge is 0.306 e. The van der Waals surface area contributed by atoms with E-state index in [4.69, 9.17) is 13.8 Å². The van der Waals surface area contributed by atoms with E-state index < -0.39 is 26.6 Å². The lowest BCUT2D eigenvalue weighted by Crippen LogP contribution is -2.47. The van der Waals surface area contributed by atoms with E-state index in [1.54, 1.807) is 0 Å². The molecule has 0 saturated heterocycles. The third-order valence-corrected chi connectivity index (χ3v) is 15.2. The average molecular weight is 1140 g/mol. The number of amides is 1. The molecule has 462 valence electrons. The van der Waals surface area contributed by atoms with Gasteiger partial charge in [0, 0.05) is 12.8 Å². The van der Waals surface area contributed by atoms with Gasteiger partial charge in [-0.1, -0.05) is 260 Å². The van der Waals surface area contributed by atoms with E-state index >= 15 is 0 Å². The summed E-state index contributed by atoms with van der Waals surface area (Å²) in [7, 11) is 1.15. The second-order valence-electron chi connectivity index (χ2n) is 23.2. The van der Waals surface area contributed by atoms with Crippen molar-refractivity contribution in [3.05, 3.63) is 97.2 Å². The summed E-state index contributed by atoms with van der Waals surface area (Å²) < 4.78 is 30.3. The molecule has 0 aromatic heterocycles. The predicted octanol–water partition coefficient (Wildman–Crippen LogP) is 20.1. The fraction of sp³-hybridized carbons (Fsp3) is 0.743. The molecule has 0 fully saturated rings. The van der Waals surface area contributed by atoms with Gasteiger partial charge in [-0.2, -0.15) is 0 Å². The molecule has 0 aliphatic rings. The molecule has 1 N–H and O–H groups in total. The Morgan fingerprint density at radius 1 is 0.450 bits per heavy atom. The van der Waals surface area contributed by atoms with Crippen LogP contribution in [0.1, 0.15) is 284 Å². The van der Waals surface area contributed by atoms with Crippen LogP contribution in [0, 0.1) is 0 Å². The van der Waals surface area contributed by atoms with E-state index in [2.05, 4.69) is 111 Å². The highest BCUT2D eigenvalue weighted by Gasteiger charge is 2.27. The van der Waals surface area contributed by atoms with Gasteiger partial charge < -0.3 is 28.5 Å². The average Bonchev–Trinajstić information content (AvgIpc) is 3.42. The van der Waals surface area contributed by atoms with E-state index in [0.29, 0.717) is 23.9 Å². The van der Waals surface area contributed by atoms with Crippen LogP contribution in [0.4, 0.5) is 0 Å². The van der Waals surface area contributed by atoms with E-state index in [1.807, 2.05) is 33.3 Å². The monoisotopic (exact) mass is 1140 g/mol. The predicted molar refractivity (Wildman–Crippen MR) is 344 cm³/mol. The third kappa shape index (κ3) is 59.5. The zero-order chi connectivity index (χ0) is 58.6. The quantitative estimate of drug-likeness (QED) is 0.0212. The normalized spacial score (nSPS) is 14.2. The number of nitrogens with one attached hydrogen (secondary N) is 1. The molecule has 0 spiro atoms. The largest absolute Gasteiger partial charge is 0.756 e. The van der Waals surface area contributed by atoms with Crippen molar-refractivity contribution in [2.45, 2.75) is 296 Å². The molecular weight excluding hydrogens is 1010 g/mol. The number of carbonyl (C=O) groups excluding carboxylic acids is 2. The minimum absolute atomic E-state index is 0.0332. The molecule has 0 aromatic carbocycles. The van der Waals surface area contributed by atoms with Crippen LogP contribution in [0.3, 0.4) is 0 Å². The lowest BCUT2D eigenvalue weighted by atomic mass is 10.0. The summed E-state index contributed by atoms with van der Waals surface area (Å²) in [5, 5.41) is 3.02. The van der Waals surface area contributed by atoms with Gasteiger partial charge in [0.2, 0.25) is 5.91 Å². The number of hydrogen-bond donors (Lipinski definition) is 1. The Hall–Kier alpha value is -3.07. The van der Waals surface area contributed by atoms with Gasteiger partial charge in [0.1, 0.15) is 19.3 Å². The van der Waals surface area contributed by atoms with Crippen molar-refractivity contribution >= 4 is 19.7 Å². The fourth-order valence-electron chi connectivity index (χ4n) is 9.17. The highest BCUT2D eigenvalue weighted by molar-refractivity contribution is 7.45. The number of phosphoric ester groups is 1. The molecule has 3 unspecified atom stereocenters. The summed E-state index contributed by atoms with van der Waals surface area (Å²) in [6, 6.07) is -0.912. The van der Waals surface area contributed by atoms with Crippen molar-refractivity contribution < 1.29 is 37.3 Å². The van der Waals surface area contributed by atoms with E-state index in [-0.39, 0.29) is 24.9 Å². The van der Waals surface area contributed by atoms with Crippen molar-refractivity contribution in [1.29, 1.82) is 0 Å². The Morgan fingerprint density at radius 2 is 0.800 bits per heavy atom. The standard InChI is InChI=1S/C70H125N2O7P/c1-7-10-13-16-19-22-25-28-30-32-34-36-38-40-42-44-47-50-53-56-59-62-69(73)71-67(66-78-80(75,76)77-65-64-72(4,5)6)68(61-58-55-52-49-46-27-24-21-18-15-12-9-3)79-70(74)63-60-57-54-51-48-45-43-41-39-37-35-33-31-29-26-23-20-17-14-11-8-2/h11,14,20,23,28-31,35,37,41,43,48,51,58,61,67-68H,7-10,12-13,15-19,21-22,24-27,32-34,36,38-40,42,44-47,49-50,52-57,59-60,62-66H2,1-6H3,(H-,71,73,75,76)/b14-11-,23-20-,30-28+,31-29-,37-35-,43-41-,51-48-,61-58+. The first-order valence-electron chi connectivity index (χ1n) is 33.0. The number of nitrogens with zero attached hydrogens (tertiary/aromatic N) is 1. The number of allylic oxidation sites excluding steroid dienone is 15. The zero-order valence-electron chi connectivity index (χ0n) is 52.8. The maximum absolute atomic E-state index is 13.6. The number of hydrogen-bond acceptors (Lipinski definition) is 7. The second-order valence-corrected chi connectivity index (χ2v) is 24.6. The van der Waals surface area contributed by atoms with Crippen molar-refractivity contribution in [3.63, 3.8) is 0 Å². The number of unbranched alkanes of at least 4 members (excludes halogenated alkanes) is 29. The maximum Gasteiger partial charge on any atom is 0.306 e. The number of likely N-dealkylation sites (N-methyl/N-ethyl adjacent to an activating group) is 1. The third-order valence-electron chi connectivity index (χ3n) is 14.2. The minimum atomic E-state index is -4.72. The molecule has 0 aliphatic heterocycles. The first-order valence-corrected chi connectivity index (χ1v) is 34.5. The Bertz CT molecular complexity index is 1690. The van der Waals surface area contributed by atoms with Gasteiger partial charge in [-0.3, -0.25) is 14.2 Å². The fourth-order valence-corrected chi connectivity index (χ4v) is 9.89. The topological polar surface area (TPSA) is 114 Å². The van der Waals surface area contributed by atoms with E-state index in [0.717, 1.165) is 96.3 Å². The van der Waals surface area contributed by atoms with Crippen molar-refractivity contribution in [2.75, 3.05) is 40.9 Å². The zero-order valence-corrected chi connectivity index (χ0v) is 53.7. The van der Waals surface area contributed by atoms with Crippen LogP contribution in [-0.4, -0.2) is 69.4 Å². The second kappa shape index (κ2) is 59.1. The summed E-state index contributed by atoms with van der Waals surface area (Å²) in [6.45, 7) is 6.71. The van der Waals surface area contributed by atoms with Crippen LogP contribution >= 0.6 is 7.82 Å². The molecule has 0 saturated carbocycles. The Balaban J connectivity index is 5.26. The van der Waals surface area contributed by atoms with Gasteiger partial charge in [-0.05, 0) is 109 Å². The number of quaternary nitrogens is 1. The van der Waals surface area contributed by atoms with E-state index in [1.165, 1.54) is 148 Å². The Kier molecular flexibility index (Phi) is 56.8. The summed E-state index contributed by atoms with van der Waals surface area (Å²) in [5.74, 6) is -0.592. The number of rotatable bonds is 59. The molecule has 1 amide bonds. The molecule has 0 rings (SSSR count). The van der Waals surface area contributed by atoms with Crippen LogP contribution in [0.2, 0.25) is 0 Å². The van der Waals surface area contributed by atoms with Crippen LogP contribution in [-0.2, 0) is 27.9 Å². The van der Waals surface area contributed by atoms with Gasteiger partial charge >= 0.3 is 5.97 Å². The first kappa shape index (κ1) is 76.9. The Morgan fingerprint density at radius 3 is 1.23 bits per heavy atom. The highest BCUT2D eigenvalue weighted by atomic mass is 31.2. The van der Waals surface area contributed by atoms with Gasteiger partial charge in [0.25, 0.3) is 7.82 Å². The van der Waals surface area contributed by atoms with Gasteiger partial charge in [-0.15, -0.1) is 0 Å². The van der Waals surface area contributed by atoms with E-state index in [9.17, 15) is 19.0 Å². The summed E-state index contributed by atoms with van der Waals surface area (Å²) in [6.07, 6.45) is 79.5. The molecular formula is C70H125N2O7P. The molecule has 10 heteroatoms. The maximum atomic E-state index is 13.6. The molecule has 80 heavy (non-hydrogen) atoms. The number of carbonyl (C=O) groups is 2. The molecule has 9 nitrogen and oxygen atoms in total. The molecule has 0 heterocycles. The van der Waals surface area contributed by atoms with Crippen LogP contribution in [0.25, 0.3) is 0 Å². The lowest BCUT2D eigenvalue weighted by molar-refractivity contribution is -0.870. The molecule has 0 bridgehead atoms. The van der Waals surface area contributed by atoms with Crippen molar-refractivity contribution in [1.82, 2.24) is 5.32 Å². The molecule has 0 aliphatic carbocycles. The lowest BCUT2D eigenvalue weighted by Gasteiger charge is -2.30. The molecule has 3 atom stereocenters. The number of ether oxygens (including phenoxy) is 1. The minimum Gasteiger partial charge on any atom is -0.756 e. The van der Waals surface area contributed by atoms with Crippen molar-refractivity contribution in [3.8, 4) is 0 Å². The molecule has 0 radical (unpaired) electrons. The Labute approximate surface area is 494 Å². The van der Waals surface area contributed by atoms with Crippen molar-refractivity contribution in [2.24, 2.45) is 0 Å². The first-order chi connectivity index (χ1) is 38.9. The van der Waals surface area contributed by atoms with Gasteiger partial charge in [-0.25, -0.2) is 0 Å². The summed E-state index contributed by atoms with van der Waals surface area (Å²) >= 11 is 0. The SMILES string of the molecule is CC/C=C\C/C=C\C/C=C\C/C=C\C/C=C\C/C=C\CCCCC(=O)OC(/C=C/CCCCCCCCCCCC)C(COP(=O)([O-])OCC[N+](C)(C)C)NC(=O)CCCCCCCCCCCCC/C=C/CCCCCCCC. The van der Waals surface area contributed by atoms with Crippen LogP contribution < -0.4 is 10.2 Å². The summed E-state index contributed by atoms with van der Waals surface area (Å²) in [4.78, 5) is 40.1. The van der Waals surface area contributed by atoms with Crippen LogP contribution in [0.5, 0.6) is 0 Å². The van der Waals surface area contributed by atoms with Crippen LogP contribution in [0.15, 0.2) is 97.2 Å². The van der Waals surface area contributed by atoms with Gasteiger partial charge in [0.15, 0.2) is 0 Å². The van der Waals surface area contributed by atoms with Gasteiger partial charge in [0.05, 0.1) is 33.8 Å². The summed E-state index contributed by atoms with van der Waals surface area (Å²) in [5.41, 5.74) is 0.